The second-order valence-corrected chi connectivity index (χ2v) is 2.12. The van der Waals surface area contributed by atoms with Crippen molar-refractivity contribution in [1.82, 2.24) is 0 Å². The maximum atomic E-state index is 10.2. The highest BCUT2D eigenvalue weighted by molar-refractivity contribution is 9.09. The van der Waals surface area contributed by atoms with Crippen LogP contribution in [0.4, 0.5) is 0 Å². The Labute approximate surface area is 56.6 Å². The van der Waals surface area contributed by atoms with Crippen LogP contribution in [0.5, 0.6) is 0 Å². The van der Waals surface area contributed by atoms with Gasteiger partial charge in [-0.25, -0.2) is 0 Å². The lowest BCUT2D eigenvalue weighted by Crippen LogP contribution is -1.91. The zero-order valence-electron chi connectivity index (χ0n) is 4.35. The monoisotopic (exact) mass is 175 g/mol. The smallest absolute Gasteiger partial charge is 0.231 e. The van der Waals surface area contributed by atoms with E-state index in [9.17, 15) is 4.79 Å². The number of ketones is 1. The first kappa shape index (κ1) is 7.64. The van der Waals surface area contributed by atoms with E-state index in [2.05, 4.69) is 15.9 Å². The van der Waals surface area contributed by atoms with Crippen molar-refractivity contribution in [2.75, 3.05) is 5.33 Å². The molecule has 0 aromatic carbocycles. The summed E-state index contributed by atoms with van der Waals surface area (Å²) in [4.78, 5) is 10.2. The van der Waals surface area contributed by atoms with Gasteiger partial charge in [-0.3, -0.25) is 4.79 Å². The van der Waals surface area contributed by atoms with Crippen molar-refractivity contribution < 1.29 is 4.79 Å². The third-order valence-electron chi connectivity index (χ3n) is 0.662. The highest BCUT2D eigenvalue weighted by Crippen LogP contribution is 1.93. The van der Waals surface area contributed by atoms with E-state index in [1.165, 1.54) is 0 Å². The van der Waals surface area contributed by atoms with Gasteiger partial charge in [-0.15, -0.1) is 0 Å². The minimum absolute atomic E-state index is 0.329. The Balaban J connectivity index is 3.16. The standard InChI is InChI=1S/C5H6BrNO/c6-3-1-2-5(8)4-7/h1-3H2. The number of alkyl halides is 1. The normalized spacial score (nSPS) is 8.00. The molecule has 0 N–H and O–H groups in total. The molecular weight excluding hydrogens is 170 g/mol. The van der Waals surface area contributed by atoms with Crippen molar-refractivity contribution in [2.45, 2.75) is 12.8 Å². The lowest BCUT2D eigenvalue weighted by Gasteiger charge is -1.83. The Morgan fingerprint density at radius 3 is 2.75 bits per heavy atom. The van der Waals surface area contributed by atoms with Crippen LogP contribution < -0.4 is 0 Å². The number of carbonyl (C=O) groups is 1. The van der Waals surface area contributed by atoms with Crippen LogP contribution in [0.15, 0.2) is 0 Å². The number of nitriles is 1. The summed E-state index contributed by atoms with van der Waals surface area (Å²) in [7, 11) is 0. The Hall–Kier alpha value is -0.360. The van der Waals surface area contributed by atoms with Crippen molar-refractivity contribution in [1.29, 1.82) is 5.26 Å². The predicted molar refractivity (Wildman–Crippen MR) is 33.6 cm³/mol. The minimum Gasteiger partial charge on any atom is -0.283 e. The van der Waals surface area contributed by atoms with Gasteiger partial charge < -0.3 is 0 Å². The van der Waals surface area contributed by atoms with Gasteiger partial charge in [0.1, 0.15) is 6.07 Å². The number of rotatable bonds is 3. The van der Waals surface area contributed by atoms with Crippen molar-refractivity contribution in [3.8, 4) is 6.07 Å². The third-order valence-corrected chi connectivity index (χ3v) is 1.22. The minimum atomic E-state index is -0.329. The molecule has 0 aromatic heterocycles. The van der Waals surface area contributed by atoms with Gasteiger partial charge >= 0.3 is 0 Å². The average molecular weight is 176 g/mol. The summed E-state index contributed by atoms with van der Waals surface area (Å²) in [5.41, 5.74) is 0. The number of hydrogen-bond donors (Lipinski definition) is 0. The van der Waals surface area contributed by atoms with Crippen LogP contribution in [-0.2, 0) is 4.79 Å². The SMILES string of the molecule is N#CC(=O)CCCBr. The van der Waals surface area contributed by atoms with Crippen LogP contribution in [0.1, 0.15) is 12.8 Å². The molecule has 0 bridgehead atoms. The zero-order chi connectivity index (χ0) is 6.41. The van der Waals surface area contributed by atoms with E-state index in [1.54, 1.807) is 6.07 Å². The lowest BCUT2D eigenvalue weighted by atomic mass is 10.2. The average Bonchev–Trinajstić information content (AvgIpc) is 1.83. The van der Waals surface area contributed by atoms with Gasteiger partial charge in [-0.1, -0.05) is 15.9 Å². The molecule has 2 nitrogen and oxygen atoms in total. The molecule has 0 aliphatic rings. The summed E-state index contributed by atoms with van der Waals surface area (Å²) >= 11 is 3.15. The number of hydrogen-bond acceptors (Lipinski definition) is 2. The molecule has 0 atom stereocenters. The van der Waals surface area contributed by atoms with Gasteiger partial charge in [0.25, 0.3) is 0 Å². The van der Waals surface area contributed by atoms with Gasteiger partial charge in [0.15, 0.2) is 0 Å². The number of halogens is 1. The van der Waals surface area contributed by atoms with E-state index in [-0.39, 0.29) is 5.78 Å². The summed E-state index contributed by atoms with van der Waals surface area (Å²) in [5.74, 6) is -0.329. The first-order valence-corrected chi connectivity index (χ1v) is 3.42. The molecule has 0 aliphatic carbocycles. The molecule has 44 valence electrons. The van der Waals surface area contributed by atoms with Crippen molar-refractivity contribution >= 4 is 21.7 Å². The summed E-state index contributed by atoms with van der Waals surface area (Å²) in [6.07, 6.45) is 1.13. The van der Waals surface area contributed by atoms with Gasteiger partial charge in [0.2, 0.25) is 5.78 Å². The molecule has 0 radical (unpaired) electrons. The van der Waals surface area contributed by atoms with Gasteiger partial charge in [-0.2, -0.15) is 5.26 Å². The van der Waals surface area contributed by atoms with Crippen LogP contribution >= 0.6 is 15.9 Å². The number of nitrogens with zero attached hydrogens (tertiary/aromatic N) is 1. The fraction of sp³-hybridized carbons (Fsp3) is 0.600. The highest BCUT2D eigenvalue weighted by Gasteiger charge is 1.94. The molecule has 0 saturated carbocycles. The summed E-state index contributed by atoms with van der Waals surface area (Å²) in [5, 5.41) is 8.74. The molecule has 0 spiro atoms. The third kappa shape index (κ3) is 3.82. The second kappa shape index (κ2) is 4.79. The van der Waals surface area contributed by atoms with Gasteiger partial charge in [-0.05, 0) is 6.42 Å². The van der Waals surface area contributed by atoms with E-state index < -0.39 is 0 Å². The number of carbonyl (C=O) groups excluding carboxylic acids is 1. The van der Waals surface area contributed by atoms with Crippen molar-refractivity contribution in [2.24, 2.45) is 0 Å². The molecule has 0 rings (SSSR count). The summed E-state index contributed by atoms with van der Waals surface area (Å²) in [6.45, 7) is 0. The van der Waals surface area contributed by atoms with Crippen LogP contribution in [0.2, 0.25) is 0 Å². The maximum absolute atomic E-state index is 10.2. The van der Waals surface area contributed by atoms with Crippen LogP contribution in [0.3, 0.4) is 0 Å². The molecule has 0 unspecified atom stereocenters. The second-order valence-electron chi connectivity index (χ2n) is 1.33. The Kier molecular flexibility index (Phi) is 4.58. The number of Topliss-reactive ketones (excluding diaryl/α,β-unsaturated/α-hetero) is 1. The lowest BCUT2D eigenvalue weighted by molar-refractivity contribution is -0.113. The molecule has 0 saturated heterocycles. The van der Waals surface area contributed by atoms with Crippen molar-refractivity contribution in [3.05, 3.63) is 0 Å². The summed E-state index contributed by atoms with van der Waals surface area (Å²) in [6, 6.07) is 1.54. The maximum Gasteiger partial charge on any atom is 0.231 e. The van der Waals surface area contributed by atoms with E-state index in [0.717, 1.165) is 11.8 Å². The molecule has 8 heavy (non-hydrogen) atoms. The van der Waals surface area contributed by atoms with Crippen LogP contribution in [0.25, 0.3) is 0 Å². The fourth-order valence-electron chi connectivity index (χ4n) is 0.283. The van der Waals surface area contributed by atoms with Crippen LogP contribution in [-0.4, -0.2) is 11.1 Å². The largest absolute Gasteiger partial charge is 0.283 e. The topological polar surface area (TPSA) is 40.9 Å². The quantitative estimate of drug-likeness (QED) is 0.479. The molecule has 0 fully saturated rings. The van der Waals surface area contributed by atoms with E-state index in [4.69, 9.17) is 5.26 Å². The molecular formula is C5H6BrNO. The van der Waals surface area contributed by atoms with Crippen LogP contribution in [0, 0.1) is 11.3 Å². The van der Waals surface area contributed by atoms with Gasteiger partial charge in [0.05, 0.1) is 0 Å². The molecule has 0 aliphatic heterocycles. The van der Waals surface area contributed by atoms with Gasteiger partial charge in [0, 0.05) is 11.8 Å². The Morgan fingerprint density at radius 1 is 1.75 bits per heavy atom. The van der Waals surface area contributed by atoms with E-state index in [1.807, 2.05) is 0 Å². The Morgan fingerprint density at radius 2 is 2.38 bits per heavy atom. The van der Waals surface area contributed by atoms with E-state index >= 15 is 0 Å². The predicted octanol–water partition coefficient (Wildman–Crippen LogP) is 1.25. The molecule has 0 heterocycles. The fourth-order valence-corrected chi connectivity index (χ4v) is 0.564. The zero-order valence-corrected chi connectivity index (χ0v) is 5.94. The molecule has 0 aromatic rings. The first-order chi connectivity index (χ1) is 3.81. The van der Waals surface area contributed by atoms with Crippen molar-refractivity contribution in [3.63, 3.8) is 0 Å². The molecule has 0 amide bonds. The first-order valence-electron chi connectivity index (χ1n) is 2.30. The van der Waals surface area contributed by atoms with E-state index in [0.29, 0.717) is 6.42 Å². The summed E-state index contributed by atoms with van der Waals surface area (Å²) < 4.78 is 0. The highest BCUT2D eigenvalue weighted by atomic mass is 79.9. The molecule has 3 heteroatoms. The Bertz CT molecular complexity index is 116.